The van der Waals surface area contributed by atoms with Crippen molar-refractivity contribution in [2.24, 2.45) is 11.3 Å². The Labute approximate surface area is 143 Å². The van der Waals surface area contributed by atoms with Crippen molar-refractivity contribution in [3.05, 3.63) is 0 Å². The highest BCUT2D eigenvalue weighted by atomic mass is 16.6. The van der Waals surface area contributed by atoms with Gasteiger partial charge < -0.3 is 20.7 Å². The summed E-state index contributed by atoms with van der Waals surface area (Å²) in [5.74, 6) is -0.0948. The fourth-order valence-corrected chi connectivity index (χ4v) is 2.97. The normalized spacial score (nSPS) is 20.3. The Kier molecular flexibility index (Phi) is 5.40. The highest BCUT2D eigenvalue weighted by Crippen LogP contribution is 2.42. The van der Waals surface area contributed by atoms with Crippen molar-refractivity contribution in [1.29, 1.82) is 0 Å². The quantitative estimate of drug-likeness (QED) is 0.636. The molecule has 3 N–H and O–H groups in total. The van der Waals surface area contributed by atoms with Crippen molar-refractivity contribution < 1.29 is 19.1 Å². The van der Waals surface area contributed by atoms with Crippen LogP contribution in [-0.4, -0.2) is 43.1 Å². The predicted octanol–water partition coefficient (Wildman–Crippen LogP) is 1.32. The zero-order valence-electron chi connectivity index (χ0n) is 15.0. The zero-order valence-corrected chi connectivity index (χ0v) is 15.0. The molecule has 0 spiro atoms. The molecule has 0 heterocycles. The Balaban J connectivity index is 1.91. The maximum absolute atomic E-state index is 12.6. The lowest BCUT2D eigenvalue weighted by molar-refractivity contribution is -0.149. The molecule has 0 saturated heterocycles. The number of carbonyl (C=O) groups is 3. The first-order valence-corrected chi connectivity index (χ1v) is 8.68. The number of ether oxygens (including phenoxy) is 1. The molecule has 7 nitrogen and oxygen atoms in total. The van der Waals surface area contributed by atoms with Crippen LogP contribution in [0, 0.1) is 11.3 Å². The van der Waals surface area contributed by atoms with E-state index in [0.717, 1.165) is 19.3 Å². The van der Waals surface area contributed by atoms with Crippen LogP contribution in [0.4, 0.5) is 4.79 Å². The Morgan fingerprint density at radius 2 is 1.79 bits per heavy atom. The van der Waals surface area contributed by atoms with E-state index in [0.29, 0.717) is 25.3 Å². The predicted molar refractivity (Wildman–Crippen MR) is 89.2 cm³/mol. The van der Waals surface area contributed by atoms with Crippen LogP contribution in [0.5, 0.6) is 0 Å². The van der Waals surface area contributed by atoms with Gasteiger partial charge in [-0.15, -0.1) is 0 Å². The van der Waals surface area contributed by atoms with Crippen LogP contribution in [0.3, 0.4) is 0 Å². The summed E-state index contributed by atoms with van der Waals surface area (Å²) in [5, 5.41) is 8.30. The van der Waals surface area contributed by atoms with Gasteiger partial charge in [-0.2, -0.15) is 0 Å². The standard InChI is InChI=1S/C17H29N3O4/c1-16(2,3)24-15(23)19-10-12(11-6-7-11)20-14(22)17(8-5-9-17)13(21)18-4/h11-12H,5-10H2,1-4H3,(H,18,21)(H,19,23)(H,20,22). The second-order valence-corrected chi connectivity index (χ2v) is 7.81. The monoisotopic (exact) mass is 339 g/mol. The summed E-state index contributed by atoms with van der Waals surface area (Å²) >= 11 is 0. The number of hydrogen-bond acceptors (Lipinski definition) is 4. The van der Waals surface area contributed by atoms with E-state index < -0.39 is 17.1 Å². The van der Waals surface area contributed by atoms with E-state index in [1.807, 2.05) is 0 Å². The first-order chi connectivity index (χ1) is 11.2. The molecule has 2 saturated carbocycles. The van der Waals surface area contributed by atoms with E-state index in [1.54, 1.807) is 27.8 Å². The second kappa shape index (κ2) is 6.99. The number of alkyl carbamates (subject to hydrolysis) is 1. The van der Waals surface area contributed by atoms with Crippen molar-refractivity contribution in [2.75, 3.05) is 13.6 Å². The molecule has 0 aromatic heterocycles. The number of hydrogen-bond donors (Lipinski definition) is 3. The molecular weight excluding hydrogens is 310 g/mol. The number of carbonyl (C=O) groups excluding carboxylic acids is 3. The van der Waals surface area contributed by atoms with E-state index >= 15 is 0 Å². The maximum Gasteiger partial charge on any atom is 0.407 e. The molecule has 0 aromatic rings. The van der Waals surface area contributed by atoms with Gasteiger partial charge in [-0.05, 0) is 52.4 Å². The highest BCUT2D eigenvalue weighted by Gasteiger charge is 2.51. The third-order valence-corrected chi connectivity index (χ3v) is 4.68. The van der Waals surface area contributed by atoms with Gasteiger partial charge in [0.25, 0.3) is 0 Å². The van der Waals surface area contributed by atoms with Crippen LogP contribution >= 0.6 is 0 Å². The smallest absolute Gasteiger partial charge is 0.407 e. The lowest BCUT2D eigenvalue weighted by Gasteiger charge is -2.39. The second-order valence-electron chi connectivity index (χ2n) is 7.81. The Morgan fingerprint density at radius 3 is 2.21 bits per heavy atom. The van der Waals surface area contributed by atoms with Crippen LogP contribution in [0.15, 0.2) is 0 Å². The molecule has 0 aliphatic heterocycles. The molecule has 2 rings (SSSR count). The summed E-state index contributed by atoms with van der Waals surface area (Å²) in [5.41, 5.74) is -1.49. The maximum atomic E-state index is 12.6. The van der Waals surface area contributed by atoms with Crippen LogP contribution < -0.4 is 16.0 Å². The van der Waals surface area contributed by atoms with Crippen LogP contribution in [-0.2, 0) is 14.3 Å². The van der Waals surface area contributed by atoms with Gasteiger partial charge >= 0.3 is 6.09 Å². The van der Waals surface area contributed by atoms with Crippen molar-refractivity contribution in [3.63, 3.8) is 0 Å². The van der Waals surface area contributed by atoms with E-state index in [-0.39, 0.29) is 17.9 Å². The first-order valence-electron chi connectivity index (χ1n) is 8.68. The van der Waals surface area contributed by atoms with Crippen LogP contribution in [0.2, 0.25) is 0 Å². The molecule has 1 unspecified atom stereocenters. The first kappa shape index (κ1) is 18.5. The Bertz CT molecular complexity index is 504. The summed E-state index contributed by atoms with van der Waals surface area (Å²) < 4.78 is 5.22. The molecule has 1 atom stereocenters. The van der Waals surface area contributed by atoms with Gasteiger partial charge in [0.05, 0.1) is 0 Å². The van der Waals surface area contributed by atoms with Crippen molar-refractivity contribution in [3.8, 4) is 0 Å². The van der Waals surface area contributed by atoms with E-state index in [2.05, 4.69) is 16.0 Å². The molecule has 2 aliphatic rings. The molecule has 0 radical (unpaired) electrons. The average molecular weight is 339 g/mol. The number of nitrogens with one attached hydrogen (secondary N) is 3. The zero-order chi connectivity index (χ0) is 18.0. The van der Waals surface area contributed by atoms with E-state index in [4.69, 9.17) is 4.74 Å². The Morgan fingerprint density at radius 1 is 1.17 bits per heavy atom. The molecule has 0 bridgehead atoms. The van der Waals surface area contributed by atoms with Crippen molar-refractivity contribution in [2.45, 2.75) is 64.5 Å². The molecule has 7 heteroatoms. The summed E-state index contributed by atoms with van der Waals surface area (Å²) in [4.78, 5) is 36.5. The molecule has 2 aliphatic carbocycles. The highest BCUT2D eigenvalue weighted by molar-refractivity contribution is 6.06. The van der Waals surface area contributed by atoms with Crippen LogP contribution in [0.25, 0.3) is 0 Å². The minimum absolute atomic E-state index is 0.160. The largest absolute Gasteiger partial charge is 0.444 e. The Hall–Kier alpha value is -1.79. The summed E-state index contributed by atoms with van der Waals surface area (Å²) in [6.45, 7) is 5.72. The van der Waals surface area contributed by atoms with Gasteiger partial charge in [0, 0.05) is 19.6 Å². The summed E-state index contributed by atoms with van der Waals surface area (Å²) in [7, 11) is 1.55. The molecule has 24 heavy (non-hydrogen) atoms. The minimum atomic E-state index is -0.937. The molecular formula is C17H29N3O4. The topological polar surface area (TPSA) is 96.5 Å². The van der Waals surface area contributed by atoms with E-state index in [9.17, 15) is 14.4 Å². The van der Waals surface area contributed by atoms with Gasteiger partial charge in [-0.1, -0.05) is 6.42 Å². The van der Waals surface area contributed by atoms with Gasteiger partial charge in [-0.3, -0.25) is 9.59 Å². The van der Waals surface area contributed by atoms with Gasteiger partial charge in [0.15, 0.2) is 0 Å². The summed E-state index contributed by atoms with van der Waals surface area (Å²) in [6.07, 6.45) is 3.59. The number of rotatable bonds is 6. The molecule has 0 aromatic carbocycles. The van der Waals surface area contributed by atoms with Gasteiger partial charge in [0.2, 0.25) is 11.8 Å². The fourth-order valence-electron chi connectivity index (χ4n) is 2.97. The minimum Gasteiger partial charge on any atom is -0.444 e. The van der Waals surface area contributed by atoms with Gasteiger partial charge in [0.1, 0.15) is 11.0 Å². The molecule has 2 fully saturated rings. The van der Waals surface area contributed by atoms with Crippen LogP contribution in [0.1, 0.15) is 52.9 Å². The third-order valence-electron chi connectivity index (χ3n) is 4.68. The van der Waals surface area contributed by atoms with Crippen molar-refractivity contribution >= 4 is 17.9 Å². The van der Waals surface area contributed by atoms with E-state index in [1.165, 1.54) is 0 Å². The lowest BCUT2D eigenvalue weighted by Crippen LogP contribution is -2.58. The fraction of sp³-hybridized carbons (Fsp3) is 0.824. The SMILES string of the molecule is CNC(=O)C1(C(=O)NC(CNC(=O)OC(C)(C)C)C2CC2)CCC1. The number of amides is 3. The summed E-state index contributed by atoms with van der Waals surface area (Å²) in [6, 6.07) is -0.160. The lowest BCUT2D eigenvalue weighted by atomic mass is 9.67. The molecule has 136 valence electrons. The van der Waals surface area contributed by atoms with Crippen molar-refractivity contribution in [1.82, 2.24) is 16.0 Å². The molecule has 3 amide bonds. The van der Waals surface area contributed by atoms with Gasteiger partial charge in [-0.25, -0.2) is 4.79 Å². The third kappa shape index (κ3) is 4.39. The average Bonchev–Trinajstić information content (AvgIpc) is 3.24.